The summed E-state index contributed by atoms with van der Waals surface area (Å²) in [4.78, 5) is 45.8. The van der Waals surface area contributed by atoms with Crippen LogP contribution in [0, 0.1) is 11.8 Å². The van der Waals surface area contributed by atoms with Crippen molar-refractivity contribution in [2.24, 2.45) is 11.8 Å². The lowest BCUT2D eigenvalue weighted by atomic mass is 9.88. The molecule has 1 saturated carbocycles. The predicted octanol–water partition coefficient (Wildman–Crippen LogP) is 4.03. The fraction of sp³-hybridized carbons (Fsp3) is 0.536. The normalized spacial score (nSPS) is 22.4. The van der Waals surface area contributed by atoms with Crippen LogP contribution >= 0.6 is 0 Å². The number of rotatable bonds is 6. The van der Waals surface area contributed by atoms with Gasteiger partial charge in [0.05, 0.1) is 30.7 Å². The lowest BCUT2D eigenvalue weighted by molar-refractivity contribution is -0.130. The van der Waals surface area contributed by atoms with E-state index in [4.69, 9.17) is 4.42 Å². The number of amides is 3. The molecule has 36 heavy (non-hydrogen) atoms. The molecule has 0 radical (unpaired) electrons. The van der Waals surface area contributed by atoms with Crippen LogP contribution in [0.1, 0.15) is 62.9 Å². The fourth-order valence-corrected chi connectivity index (χ4v) is 5.89. The Hall–Kier alpha value is -3.29. The van der Waals surface area contributed by atoms with E-state index >= 15 is 0 Å². The van der Waals surface area contributed by atoms with E-state index in [0.29, 0.717) is 18.9 Å². The number of furan rings is 1. The summed E-state index contributed by atoms with van der Waals surface area (Å²) in [5.41, 5.74) is 1.79. The highest BCUT2D eigenvalue weighted by Gasteiger charge is 2.48. The number of nitrogens with zero attached hydrogens (tertiary/aromatic N) is 3. The third kappa shape index (κ3) is 4.86. The molecule has 1 aromatic carbocycles. The molecule has 0 bridgehead atoms. The Morgan fingerprint density at radius 3 is 2.47 bits per heavy atom. The van der Waals surface area contributed by atoms with Crippen LogP contribution in [0.25, 0.3) is 0 Å². The van der Waals surface area contributed by atoms with Crippen LogP contribution in [0.5, 0.6) is 0 Å². The Kier molecular flexibility index (Phi) is 7.03. The van der Waals surface area contributed by atoms with Gasteiger partial charge in [-0.25, -0.2) is 0 Å². The molecule has 2 fully saturated rings. The quantitative estimate of drug-likeness (QED) is 0.658. The second-order valence-corrected chi connectivity index (χ2v) is 10.7. The van der Waals surface area contributed by atoms with E-state index < -0.39 is 12.2 Å². The van der Waals surface area contributed by atoms with Crippen molar-refractivity contribution in [2.75, 3.05) is 29.4 Å². The predicted molar refractivity (Wildman–Crippen MR) is 138 cm³/mol. The number of para-hydroxylation sites is 2. The van der Waals surface area contributed by atoms with Gasteiger partial charge in [-0.3, -0.25) is 19.3 Å². The van der Waals surface area contributed by atoms with Crippen molar-refractivity contribution in [3.05, 3.63) is 48.4 Å². The summed E-state index contributed by atoms with van der Waals surface area (Å²) in [6.45, 7) is 5.48. The van der Waals surface area contributed by atoms with E-state index in [2.05, 4.69) is 16.3 Å². The summed E-state index contributed by atoms with van der Waals surface area (Å²) in [6, 6.07) is 10.4. The molecule has 1 aromatic heterocycles. The third-order valence-electron chi connectivity index (χ3n) is 7.56. The highest BCUT2D eigenvalue weighted by Crippen LogP contribution is 2.40. The number of hydrogen-bond acceptors (Lipinski definition) is 5. The molecule has 0 spiro atoms. The second kappa shape index (κ2) is 10.4. The molecule has 1 aliphatic carbocycles. The van der Waals surface area contributed by atoms with Crippen LogP contribution in [0.15, 0.2) is 47.1 Å². The summed E-state index contributed by atoms with van der Waals surface area (Å²) in [5.74, 6) is 0.370. The lowest BCUT2D eigenvalue weighted by Gasteiger charge is -2.52. The summed E-state index contributed by atoms with van der Waals surface area (Å²) >= 11 is 0. The van der Waals surface area contributed by atoms with Gasteiger partial charge in [0.15, 0.2) is 5.76 Å². The minimum Gasteiger partial charge on any atom is -0.459 e. The molecule has 3 amide bonds. The van der Waals surface area contributed by atoms with Crippen LogP contribution in [-0.4, -0.2) is 54.5 Å². The molecule has 192 valence electrons. The molecule has 2 aromatic rings. The Balaban J connectivity index is 1.49. The number of anilines is 2. The maximum absolute atomic E-state index is 13.8. The third-order valence-corrected chi connectivity index (χ3v) is 7.56. The first-order valence-electron chi connectivity index (χ1n) is 13.2. The molecule has 5 rings (SSSR count). The van der Waals surface area contributed by atoms with Gasteiger partial charge in [0.2, 0.25) is 5.91 Å². The first-order valence-corrected chi connectivity index (χ1v) is 13.2. The molecule has 3 aliphatic rings. The van der Waals surface area contributed by atoms with Crippen molar-refractivity contribution >= 4 is 29.1 Å². The second-order valence-electron chi connectivity index (χ2n) is 10.7. The molecule has 3 heterocycles. The van der Waals surface area contributed by atoms with Gasteiger partial charge < -0.3 is 19.5 Å². The maximum Gasteiger partial charge on any atom is 0.291 e. The van der Waals surface area contributed by atoms with Crippen molar-refractivity contribution in [3.8, 4) is 0 Å². The number of nitrogens with one attached hydrogen (secondary N) is 1. The minimum absolute atomic E-state index is 0.114. The Morgan fingerprint density at radius 2 is 1.78 bits per heavy atom. The van der Waals surface area contributed by atoms with Gasteiger partial charge in [-0.1, -0.05) is 45.2 Å². The summed E-state index contributed by atoms with van der Waals surface area (Å²) in [7, 11) is 0. The molecule has 1 N–H and O–H groups in total. The van der Waals surface area contributed by atoms with Crippen LogP contribution in [-0.2, 0) is 9.59 Å². The van der Waals surface area contributed by atoms with Gasteiger partial charge in [0.1, 0.15) is 12.2 Å². The molecular formula is C28H36N4O4. The van der Waals surface area contributed by atoms with Crippen LogP contribution in [0.4, 0.5) is 11.4 Å². The zero-order chi connectivity index (χ0) is 25.2. The minimum atomic E-state index is -0.815. The van der Waals surface area contributed by atoms with Gasteiger partial charge >= 0.3 is 0 Å². The zero-order valence-corrected chi connectivity index (χ0v) is 21.2. The molecular weight excluding hydrogens is 456 g/mol. The summed E-state index contributed by atoms with van der Waals surface area (Å²) in [5, 5.41) is 2.90. The van der Waals surface area contributed by atoms with E-state index in [-0.39, 0.29) is 35.9 Å². The van der Waals surface area contributed by atoms with Crippen molar-refractivity contribution in [1.82, 2.24) is 10.2 Å². The van der Waals surface area contributed by atoms with Gasteiger partial charge in [0, 0.05) is 13.0 Å². The van der Waals surface area contributed by atoms with Gasteiger partial charge in [-0.05, 0) is 48.9 Å². The van der Waals surface area contributed by atoms with Crippen molar-refractivity contribution < 1.29 is 18.8 Å². The number of benzene rings is 1. The largest absolute Gasteiger partial charge is 0.459 e. The first-order chi connectivity index (χ1) is 17.4. The molecule has 1 saturated heterocycles. The Bertz CT molecular complexity index is 1090. The van der Waals surface area contributed by atoms with Crippen molar-refractivity contribution in [2.45, 2.75) is 64.6 Å². The Labute approximate surface area is 212 Å². The highest BCUT2D eigenvalue weighted by atomic mass is 16.3. The summed E-state index contributed by atoms with van der Waals surface area (Å²) in [6.07, 6.45) is 7.57. The molecule has 2 atom stereocenters. The van der Waals surface area contributed by atoms with Crippen LogP contribution in [0.3, 0.4) is 0 Å². The van der Waals surface area contributed by atoms with E-state index in [0.717, 1.165) is 17.9 Å². The van der Waals surface area contributed by atoms with Crippen LogP contribution < -0.4 is 15.1 Å². The SMILES string of the molecule is CC(C)CC(=O)N[C@H]1CN(C(=O)c2ccco2)C2CN(CC3CCCCC3)c3ccccc3N2C1=O. The lowest BCUT2D eigenvalue weighted by Crippen LogP contribution is -2.71. The number of hydrogen-bond donors (Lipinski definition) is 1. The van der Waals surface area contributed by atoms with Crippen molar-refractivity contribution in [1.29, 1.82) is 0 Å². The average Bonchev–Trinajstić information content (AvgIpc) is 3.40. The highest BCUT2D eigenvalue weighted by molar-refractivity contribution is 6.05. The standard InChI is InChI=1S/C28H36N4O4/c1-19(2)15-25(33)29-21-17-31(28(35)24-13-8-14-36-24)26-18-30(16-20-9-4-3-5-10-20)22-11-6-7-12-23(22)32(26)27(21)34/h6-8,11-14,19-21,26H,3-5,9-10,15-18H2,1-2H3,(H,29,33)/t21-,26?/m0/s1. The maximum atomic E-state index is 13.8. The van der Waals surface area contributed by atoms with E-state index in [9.17, 15) is 14.4 Å². The topological polar surface area (TPSA) is 86.1 Å². The van der Waals surface area contributed by atoms with E-state index in [1.807, 2.05) is 32.0 Å². The van der Waals surface area contributed by atoms with Crippen LogP contribution in [0.2, 0.25) is 0 Å². The van der Waals surface area contributed by atoms with Gasteiger partial charge in [0.25, 0.3) is 11.8 Å². The monoisotopic (exact) mass is 492 g/mol. The fourth-order valence-electron chi connectivity index (χ4n) is 5.89. The average molecular weight is 493 g/mol. The van der Waals surface area contributed by atoms with E-state index in [1.54, 1.807) is 21.9 Å². The summed E-state index contributed by atoms with van der Waals surface area (Å²) < 4.78 is 5.45. The smallest absolute Gasteiger partial charge is 0.291 e. The number of carbonyl (C=O) groups is 3. The molecule has 1 unspecified atom stereocenters. The Morgan fingerprint density at radius 1 is 1.03 bits per heavy atom. The zero-order valence-electron chi connectivity index (χ0n) is 21.2. The first kappa shape index (κ1) is 24.4. The molecule has 8 nitrogen and oxygen atoms in total. The van der Waals surface area contributed by atoms with Crippen molar-refractivity contribution in [3.63, 3.8) is 0 Å². The van der Waals surface area contributed by atoms with Gasteiger partial charge in [-0.2, -0.15) is 0 Å². The molecule has 8 heteroatoms. The number of carbonyl (C=O) groups excluding carboxylic acids is 3. The number of fused-ring (bicyclic) bond motifs is 3. The van der Waals surface area contributed by atoms with Gasteiger partial charge in [-0.15, -0.1) is 0 Å². The van der Waals surface area contributed by atoms with E-state index in [1.165, 1.54) is 38.4 Å². The molecule has 2 aliphatic heterocycles.